The van der Waals surface area contributed by atoms with Gasteiger partial charge >= 0.3 is 6.61 Å². The molecule has 1 aromatic rings. The summed E-state index contributed by atoms with van der Waals surface area (Å²) in [6.07, 6.45) is 1.73. The average molecular weight is 281 g/mol. The third kappa shape index (κ3) is 3.57. The Morgan fingerprint density at radius 3 is 2.59 bits per heavy atom. The zero-order valence-electron chi connectivity index (χ0n) is 9.25. The van der Waals surface area contributed by atoms with Crippen LogP contribution >= 0.6 is 23.4 Å². The van der Waals surface area contributed by atoms with Crippen LogP contribution in [0.25, 0.3) is 0 Å². The van der Waals surface area contributed by atoms with Crippen molar-refractivity contribution < 1.29 is 18.3 Å². The topological polar surface area (TPSA) is 26.3 Å². The van der Waals surface area contributed by atoms with Crippen molar-refractivity contribution in [2.45, 2.75) is 23.8 Å². The van der Waals surface area contributed by atoms with Crippen LogP contribution in [0.4, 0.5) is 8.78 Å². The normalized spacial score (nSPS) is 12.6. The van der Waals surface area contributed by atoms with Crippen molar-refractivity contribution in [2.24, 2.45) is 0 Å². The number of thioether (sulfide) groups is 1. The number of benzene rings is 1. The molecule has 1 unspecified atom stereocenters. The van der Waals surface area contributed by atoms with E-state index < -0.39 is 12.0 Å². The molecule has 0 heterocycles. The highest BCUT2D eigenvalue weighted by atomic mass is 35.5. The number of rotatable bonds is 5. The second-order valence-electron chi connectivity index (χ2n) is 3.23. The zero-order chi connectivity index (χ0) is 13.0. The molecule has 0 spiro atoms. The van der Waals surface area contributed by atoms with Gasteiger partial charge in [0.15, 0.2) is 5.78 Å². The molecule has 0 bridgehead atoms. The van der Waals surface area contributed by atoms with Crippen molar-refractivity contribution in [1.29, 1.82) is 0 Å². The van der Waals surface area contributed by atoms with Crippen LogP contribution in [0, 0.1) is 0 Å². The maximum atomic E-state index is 12.3. The number of hydrogen-bond donors (Lipinski definition) is 0. The minimum Gasteiger partial charge on any atom is -0.433 e. The first-order valence-corrected chi connectivity index (χ1v) is 6.39. The fraction of sp³-hybridized carbons (Fsp3) is 0.364. The maximum absolute atomic E-state index is 12.3. The Morgan fingerprint density at radius 1 is 1.47 bits per heavy atom. The molecule has 0 amide bonds. The lowest BCUT2D eigenvalue weighted by atomic mass is 10.1. The minimum absolute atomic E-state index is 0.0230. The number of para-hydroxylation sites is 1. The first-order chi connectivity index (χ1) is 7.97. The molecule has 17 heavy (non-hydrogen) atoms. The third-order valence-corrected chi connectivity index (χ3v) is 3.37. The second kappa shape index (κ2) is 6.21. The lowest BCUT2D eigenvalue weighted by Gasteiger charge is -2.16. The van der Waals surface area contributed by atoms with Gasteiger partial charge in [0.05, 0.1) is 0 Å². The smallest absolute Gasteiger partial charge is 0.387 e. The van der Waals surface area contributed by atoms with Crippen LogP contribution in [0.3, 0.4) is 0 Å². The summed E-state index contributed by atoms with van der Waals surface area (Å²) < 4.78 is 29.1. The van der Waals surface area contributed by atoms with Crippen molar-refractivity contribution in [2.75, 3.05) is 6.26 Å². The largest absolute Gasteiger partial charge is 0.433 e. The molecule has 1 rings (SSSR count). The number of alkyl halides is 3. The fourth-order valence-corrected chi connectivity index (χ4v) is 2.07. The Morgan fingerprint density at radius 2 is 2.12 bits per heavy atom. The predicted octanol–water partition coefficient (Wildman–Crippen LogP) is 3.88. The summed E-state index contributed by atoms with van der Waals surface area (Å²) in [6.45, 7) is -1.65. The Kier molecular flexibility index (Phi) is 5.21. The van der Waals surface area contributed by atoms with Gasteiger partial charge < -0.3 is 4.74 Å². The molecular formula is C11H11ClF2O2S. The third-order valence-electron chi connectivity index (χ3n) is 2.07. The number of hydrogen-bond acceptors (Lipinski definition) is 3. The Hall–Kier alpha value is -0.810. The van der Waals surface area contributed by atoms with E-state index in [1.54, 1.807) is 18.4 Å². The van der Waals surface area contributed by atoms with Gasteiger partial charge in [0.1, 0.15) is 11.1 Å². The van der Waals surface area contributed by atoms with Crippen LogP contribution in [-0.4, -0.2) is 18.7 Å². The van der Waals surface area contributed by atoms with E-state index in [0.717, 1.165) is 0 Å². The van der Waals surface area contributed by atoms with Gasteiger partial charge in [0.25, 0.3) is 0 Å². The first kappa shape index (κ1) is 14.3. The molecule has 0 aliphatic carbocycles. The molecule has 1 aromatic carbocycles. The number of carbonyl (C=O) groups excluding carboxylic acids is 1. The van der Waals surface area contributed by atoms with E-state index in [4.69, 9.17) is 11.6 Å². The maximum Gasteiger partial charge on any atom is 0.387 e. The Balaban J connectivity index is 3.23. The number of Topliss-reactive ketones (excluding diaryl/α,β-unsaturated/α-hetero) is 1. The molecule has 0 aromatic heterocycles. The average Bonchev–Trinajstić information content (AvgIpc) is 2.27. The highest BCUT2D eigenvalue weighted by Crippen LogP contribution is 2.38. The van der Waals surface area contributed by atoms with Gasteiger partial charge in [-0.1, -0.05) is 12.1 Å². The highest BCUT2D eigenvalue weighted by molar-refractivity contribution is 7.98. The number of ether oxygens (including phenoxy) is 1. The van der Waals surface area contributed by atoms with Crippen LogP contribution < -0.4 is 4.74 Å². The molecule has 94 valence electrons. The van der Waals surface area contributed by atoms with Gasteiger partial charge in [0, 0.05) is 10.5 Å². The summed E-state index contributed by atoms with van der Waals surface area (Å²) in [5, 5.41) is -0.976. The minimum atomic E-state index is -2.95. The van der Waals surface area contributed by atoms with Crippen LogP contribution in [0.2, 0.25) is 0 Å². The van der Waals surface area contributed by atoms with Crippen molar-refractivity contribution in [3.63, 3.8) is 0 Å². The molecule has 0 N–H and O–H groups in total. The summed E-state index contributed by atoms with van der Waals surface area (Å²) in [5.41, 5.74) is 0.270. The molecule has 0 saturated heterocycles. The van der Waals surface area contributed by atoms with E-state index in [2.05, 4.69) is 4.74 Å². The van der Waals surface area contributed by atoms with E-state index in [0.29, 0.717) is 4.90 Å². The van der Waals surface area contributed by atoms with Gasteiger partial charge in [-0.15, -0.1) is 23.4 Å². The van der Waals surface area contributed by atoms with E-state index in [1.165, 1.54) is 24.8 Å². The SMILES string of the molecule is CSc1cccc(C(Cl)C(C)=O)c1OC(F)F. The summed E-state index contributed by atoms with van der Waals surface area (Å²) in [7, 11) is 0. The van der Waals surface area contributed by atoms with Crippen LogP contribution in [0.15, 0.2) is 23.1 Å². The summed E-state index contributed by atoms with van der Waals surface area (Å²) in [6, 6.07) is 4.80. The van der Waals surface area contributed by atoms with E-state index in [9.17, 15) is 13.6 Å². The number of halogens is 3. The van der Waals surface area contributed by atoms with Crippen LogP contribution in [0.1, 0.15) is 17.9 Å². The monoisotopic (exact) mass is 280 g/mol. The Bertz CT molecular complexity index is 412. The molecule has 6 heteroatoms. The zero-order valence-corrected chi connectivity index (χ0v) is 10.8. The molecular weight excluding hydrogens is 270 g/mol. The number of carbonyl (C=O) groups is 1. The van der Waals surface area contributed by atoms with Crippen molar-refractivity contribution in [3.8, 4) is 5.75 Å². The molecule has 0 fully saturated rings. The summed E-state index contributed by atoms with van der Waals surface area (Å²) in [4.78, 5) is 11.7. The lowest BCUT2D eigenvalue weighted by Crippen LogP contribution is -2.09. The summed E-state index contributed by atoms with van der Waals surface area (Å²) in [5.74, 6) is -0.339. The van der Waals surface area contributed by atoms with Gasteiger partial charge in [-0.25, -0.2) is 0 Å². The first-order valence-electron chi connectivity index (χ1n) is 4.73. The molecule has 0 aliphatic rings. The molecule has 0 saturated carbocycles. The van der Waals surface area contributed by atoms with Crippen molar-refractivity contribution in [3.05, 3.63) is 23.8 Å². The molecule has 1 atom stereocenters. The standard InChI is InChI=1S/C11H11ClF2O2S/c1-6(15)9(12)7-4-3-5-8(17-2)10(7)16-11(13)14/h3-5,9,11H,1-2H3. The van der Waals surface area contributed by atoms with E-state index in [-0.39, 0.29) is 17.1 Å². The van der Waals surface area contributed by atoms with Crippen LogP contribution in [0.5, 0.6) is 5.75 Å². The fourth-order valence-electron chi connectivity index (χ4n) is 1.33. The molecule has 0 aliphatic heterocycles. The van der Waals surface area contributed by atoms with E-state index in [1.807, 2.05) is 0 Å². The van der Waals surface area contributed by atoms with Gasteiger partial charge in [-0.3, -0.25) is 4.79 Å². The predicted molar refractivity (Wildman–Crippen MR) is 64.1 cm³/mol. The molecule has 2 nitrogen and oxygen atoms in total. The van der Waals surface area contributed by atoms with Crippen molar-refractivity contribution >= 4 is 29.1 Å². The van der Waals surface area contributed by atoms with Gasteiger partial charge in [-0.05, 0) is 19.2 Å². The molecule has 0 radical (unpaired) electrons. The number of ketones is 1. The summed E-state index contributed by atoms with van der Waals surface area (Å²) >= 11 is 7.13. The van der Waals surface area contributed by atoms with Gasteiger partial charge in [0.2, 0.25) is 0 Å². The van der Waals surface area contributed by atoms with Gasteiger partial charge in [-0.2, -0.15) is 8.78 Å². The van der Waals surface area contributed by atoms with E-state index >= 15 is 0 Å². The quantitative estimate of drug-likeness (QED) is 0.605. The Labute approximate surface area is 107 Å². The lowest BCUT2D eigenvalue weighted by molar-refractivity contribution is -0.116. The van der Waals surface area contributed by atoms with Crippen molar-refractivity contribution in [1.82, 2.24) is 0 Å². The second-order valence-corrected chi connectivity index (χ2v) is 4.51. The highest BCUT2D eigenvalue weighted by Gasteiger charge is 2.22. The van der Waals surface area contributed by atoms with Crippen LogP contribution in [-0.2, 0) is 4.79 Å².